The number of nitrogens with zero attached hydrogens (tertiary/aromatic N) is 3. The molecule has 0 radical (unpaired) electrons. The number of fused-ring (bicyclic) bond motifs is 1. The van der Waals surface area contributed by atoms with Crippen LogP contribution in [0.15, 0.2) is 65.1 Å². The van der Waals surface area contributed by atoms with E-state index in [9.17, 15) is 29.8 Å². The molecule has 2 N–H and O–H groups in total. The lowest BCUT2D eigenvalue weighted by Gasteiger charge is -2.36. The van der Waals surface area contributed by atoms with Crippen LogP contribution in [-0.2, 0) is 0 Å². The first kappa shape index (κ1) is 19.6. The molecule has 1 aromatic heterocycles. The highest BCUT2D eigenvalue weighted by Crippen LogP contribution is 2.33. The standard InChI is InChI=1S/C19H13N5O7/c25-18(11-5-7-12(8-6-11)23(27)28)21-22-17(15-9-10-16(31-15)24(29)30)20-14-4-2-1-3-13(14)19(22)26/h1-10,17,20H,(H,21,25)/t17-/m1/s1. The summed E-state index contributed by atoms with van der Waals surface area (Å²) in [6.07, 6.45) is -1.07. The van der Waals surface area contributed by atoms with Gasteiger partial charge in [-0.15, -0.1) is 0 Å². The molecule has 0 fully saturated rings. The van der Waals surface area contributed by atoms with E-state index in [4.69, 9.17) is 4.42 Å². The number of rotatable bonds is 5. The second kappa shape index (κ2) is 7.59. The lowest BCUT2D eigenvalue weighted by atomic mass is 10.1. The molecule has 0 saturated heterocycles. The summed E-state index contributed by atoms with van der Waals surface area (Å²) in [6, 6.07) is 13.8. The van der Waals surface area contributed by atoms with Gasteiger partial charge in [-0.25, -0.2) is 5.01 Å². The zero-order valence-electron chi connectivity index (χ0n) is 15.6. The van der Waals surface area contributed by atoms with Gasteiger partial charge in [-0.3, -0.25) is 35.2 Å². The lowest BCUT2D eigenvalue weighted by Crippen LogP contribution is -2.52. The Morgan fingerprint density at radius 2 is 1.71 bits per heavy atom. The van der Waals surface area contributed by atoms with Crippen molar-refractivity contribution in [2.75, 3.05) is 5.32 Å². The first-order valence-electron chi connectivity index (χ1n) is 8.84. The molecule has 2 aromatic carbocycles. The Kier molecular flexibility index (Phi) is 4.79. The second-order valence-corrected chi connectivity index (χ2v) is 6.45. The highest BCUT2D eigenvalue weighted by molar-refractivity contribution is 6.03. The predicted molar refractivity (Wildman–Crippen MR) is 105 cm³/mol. The number of carbonyl (C=O) groups excluding carboxylic acids is 2. The molecule has 31 heavy (non-hydrogen) atoms. The fourth-order valence-electron chi connectivity index (χ4n) is 3.06. The Hall–Kier alpha value is -4.74. The Balaban J connectivity index is 1.67. The van der Waals surface area contributed by atoms with Crippen molar-refractivity contribution in [2.45, 2.75) is 6.17 Å². The molecular weight excluding hydrogens is 410 g/mol. The van der Waals surface area contributed by atoms with Gasteiger partial charge < -0.3 is 9.73 Å². The summed E-state index contributed by atoms with van der Waals surface area (Å²) >= 11 is 0. The molecule has 3 aromatic rings. The molecule has 2 heterocycles. The van der Waals surface area contributed by atoms with E-state index in [2.05, 4.69) is 10.7 Å². The third-order valence-corrected chi connectivity index (χ3v) is 4.55. The number of nitro benzene ring substituents is 1. The maximum Gasteiger partial charge on any atom is 0.433 e. The van der Waals surface area contributed by atoms with Crippen molar-refractivity contribution in [3.05, 3.63) is 97.8 Å². The van der Waals surface area contributed by atoms with Crippen LogP contribution in [0.1, 0.15) is 32.6 Å². The number of carbonyl (C=O) groups is 2. The topological polar surface area (TPSA) is 161 Å². The summed E-state index contributed by atoms with van der Waals surface area (Å²) in [5.41, 5.74) is 3.05. The van der Waals surface area contributed by atoms with Gasteiger partial charge in [-0.1, -0.05) is 12.1 Å². The van der Waals surface area contributed by atoms with Crippen LogP contribution in [-0.4, -0.2) is 26.7 Å². The summed E-state index contributed by atoms with van der Waals surface area (Å²) in [6.45, 7) is 0. The van der Waals surface area contributed by atoms with Crippen LogP contribution in [0.3, 0.4) is 0 Å². The number of para-hydroxylation sites is 1. The average Bonchev–Trinajstić information content (AvgIpc) is 3.26. The van der Waals surface area contributed by atoms with E-state index in [0.29, 0.717) is 5.69 Å². The molecule has 12 nitrogen and oxygen atoms in total. The van der Waals surface area contributed by atoms with Crippen molar-refractivity contribution in [2.24, 2.45) is 0 Å². The van der Waals surface area contributed by atoms with E-state index in [1.165, 1.54) is 18.2 Å². The number of nitrogens with one attached hydrogen (secondary N) is 2. The summed E-state index contributed by atoms with van der Waals surface area (Å²) < 4.78 is 5.23. The van der Waals surface area contributed by atoms with Crippen molar-refractivity contribution in [3.63, 3.8) is 0 Å². The summed E-state index contributed by atoms with van der Waals surface area (Å²) in [4.78, 5) is 46.2. The van der Waals surface area contributed by atoms with Crippen LogP contribution < -0.4 is 10.7 Å². The van der Waals surface area contributed by atoms with Gasteiger partial charge in [0.15, 0.2) is 11.9 Å². The fraction of sp³-hybridized carbons (Fsp3) is 0.0526. The van der Waals surface area contributed by atoms with E-state index < -0.39 is 33.7 Å². The van der Waals surface area contributed by atoms with Crippen molar-refractivity contribution in [1.29, 1.82) is 0 Å². The minimum absolute atomic E-state index is 0.0264. The molecular formula is C19H13N5O7. The molecule has 0 saturated carbocycles. The highest BCUT2D eigenvalue weighted by atomic mass is 16.6. The van der Waals surface area contributed by atoms with E-state index >= 15 is 0 Å². The minimum atomic E-state index is -1.07. The molecule has 0 unspecified atom stereocenters. The number of benzene rings is 2. The third kappa shape index (κ3) is 3.64. The van der Waals surface area contributed by atoms with Gasteiger partial charge >= 0.3 is 5.88 Å². The molecule has 12 heteroatoms. The van der Waals surface area contributed by atoms with Gasteiger partial charge in [0.25, 0.3) is 17.5 Å². The van der Waals surface area contributed by atoms with Crippen LogP contribution >= 0.6 is 0 Å². The number of hydrazine groups is 1. The van der Waals surface area contributed by atoms with Crippen molar-refractivity contribution in [3.8, 4) is 0 Å². The van der Waals surface area contributed by atoms with Crippen LogP contribution in [0.2, 0.25) is 0 Å². The molecule has 0 aliphatic carbocycles. The van der Waals surface area contributed by atoms with Crippen LogP contribution in [0.4, 0.5) is 17.3 Å². The summed E-state index contributed by atoms with van der Waals surface area (Å²) in [5, 5.41) is 25.7. The Labute approximate surface area is 173 Å². The van der Waals surface area contributed by atoms with Gasteiger partial charge in [0.1, 0.15) is 4.92 Å². The van der Waals surface area contributed by atoms with Crippen LogP contribution in [0.25, 0.3) is 0 Å². The Bertz CT molecular complexity index is 1200. The fourth-order valence-corrected chi connectivity index (χ4v) is 3.06. The molecule has 1 aliphatic rings. The highest BCUT2D eigenvalue weighted by Gasteiger charge is 2.37. The molecule has 2 amide bonds. The lowest BCUT2D eigenvalue weighted by molar-refractivity contribution is -0.402. The van der Waals surface area contributed by atoms with Crippen molar-refractivity contribution < 1.29 is 23.9 Å². The largest absolute Gasteiger partial charge is 0.433 e. The van der Waals surface area contributed by atoms with Gasteiger partial charge in [0.05, 0.1) is 16.6 Å². The zero-order valence-corrected chi connectivity index (χ0v) is 15.6. The second-order valence-electron chi connectivity index (χ2n) is 6.45. The minimum Gasteiger partial charge on any atom is -0.401 e. The molecule has 0 bridgehead atoms. The first-order chi connectivity index (χ1) is 14.8. The van der Waals surface area contributed by atoms with Gasteiger partial charge in [-0.2, -0.15) is 0 Å². The maximum atomic E-state index is 13.1. The molecule has 1 aliphatic heterocycles. The number of non-ortho nitro benzene ring substituents is 1. The molecule has 4 rings (SSSR count). The molecule has 1 atom stereocenters. The predicted octanol–water partition coefficient (Wildman–Crippen LogP) is 3.01. The molecule has 0 spiro atoms. The SMILES string of the molecule is O=C(NN1C(=O)c2ccccc2N[C@H]1c1ccc([N+](=O)[O-])o1)c1ccc([N+](=O)[O-])cc1. The number of hydrogen-bond donors (Lipinski definition) is 2. The van der Waals surface area contributed by atoms with E-state index in [1.54, 1.807) is 24.3 Å². The monoisotopic (exact) mass is 423 g/mol. The van der Waals surface area contributed by atoms with Gasteiger partial charge in [0.2, 0.25) is 0 Å². The first-order valence-corrected chi connectivity index (χ1v) is 8.84. The Morgan fingerprint density at radius 1 is 1.00 bits per heavy atom. The van der Waals surface area contributed by atoms with Crippen molar-refractivity contribution in [1.82, 2.24) is 10.4 Å². The van der Waals surface area contributed by atoms with E-state index in [1.807, 2.05) is 0 Å². The van der Waals surface area contributed by atoms with Crippen LogP contribution in [0, 0.1) is 20.2 Å². The number of hydrogen-bond acceptors (Lipinski definition) is 8. The summed E-state index contributed by atoms with van der Waals surface area (Å²) in [7, 11) is 0. The molecule has 156 valence electrons. The third-order valence-electron chi connectivity index (χ3n) is 4.55. The quantitative estimate of drug-likeness (QED) is 0.467. The Morgan fingerprint density at radius 3 is 2.35 bits per heavy atom. The summed E-state index contributed by atoms with van der Waals surface area (Å²) in [5.74, 6) is -1.78. The van der Waals surface area contributed by atoms with Gasteiger partial charge in [-0.05, 0) is 30.3 Å². The number of nitro groups is 2. The maximum absolute atomic E-state index is 13.1. The smallest absolute Gasteiger partial charge is 0.401 e. The van der Waals surface area contributed by atoms with Crippen LogP contribution in [0.5, 0.6) is 0 Å². The van der Waals surface area contributed by atoms with Crippen molar-refractivity contribution >= 4 is 29.1 Å². The van der Waals surface area contributed by atoms with E-state index in [0.717, 1.165) is 23.2 Å². The number of furan rings is 1. The normalized spacial score (nSPS) is 15.0. The number of amides is 2. The van der Waals surface area contributed by atoms with Gasteiger partial charge in [0, 0.05) is 23.4 Å². The average molecular weight is 423 g/mol. The van der Waals surface area contributed by atoms with E-state index in [-0.39, 0.29) is 22.6 Å². The number of anilines is 1. The zero-order chi connectivity index (χ0) is 22.1.